The number of aliphatic imine (C=N–C) groups is 5. The minimum absolute atomic E-state index is 0.0515. The average molecular weight is 1910 g/mol. The highest BCUT2D eigenvalue weighted by Crippen LogP contribution is 2.50. The van der Waals surface area contributed by atoms with Crippen molar-refractivity contribution in [1.82, 2.24) is 29.5 Å². The van der Waals surface area contributed by atoms with Gasteiger partial charge in [0.15, 0.2) is 35.3 Å². The van der Waals surface area contributed by atoms with Gasteiger partial charge in [0.25, 0.3) is 17.8 Å². The van der Waals surface area contributed by atoms with Crippen LogP contribution in [0.15, 0.2) is 259 Å². The van der Waals surface area contributed by atoms with Crippen LogP contribution in [0.25, 0.3) is 22.4 Å². The Morgan fingerprint density at radius 2 is 0.926 bits per heavy atom. The first-order valence-corrected chi connectivity index (χ1v) is 43.5. The van der Waals surface area contributed by atoms with Crippen molar-refractivity contribution in [3.63, 3.8) is 0 Å². The summed E-state index contributed by atoms with van der Waals surface area (Å²) < 4.78 is 172. The average Bonchev–Trinajstić information content (AvgIpc) is 1.23. The normalized spacial score (nSPS) is 20.6. The third kappa shape index (κ3) is 20.8. The molecule has 8 aromatic carbocycles. The van der Waals surface area contributed by atoms with Gasteiger partial charge in [-0.1, -0.05) is 146 Å². The van der Waals surface area contributed by atoms with Gasteiger partial charge in [0.05, 0.1) is 67.8 Å². The minimum atomic E-state index is -4.76. The molecule has 0 spiro atoms. The number of aromatic nitrogens is 1. The van der Waals surface area contributed by atoms with Gasteiger partial charge in [0.1, 0.15) is 51.5 Å². The van der Waals surface area contributed by atoms with Crippen LogP contribution in [0.1, 0.15) is 144 Å². The number of nitrogens with two attached hydrogens (primary N) is 5. The van der Waals surface area contributed by atoms with E-state index in [0.29, 0.717) is 50.4 Å². The first-order chi connectivity index (χ1) is 63.8. The molecule has 16 rings (SSSR count). The standard InChI is InChI=1S/2C21H19F6N3O.C20H23N3O3.C20H17N3OS.C16H15N5OS/c2*1-19(14-9-8-13(10-15(14)22)21(25,26)27)16(17(31)30(3)18(28)29-19)11-4-6-12(7-5-11)20(2,23)24;1-20(12-18(24)23(2)19(21)22-20)14-7-5-6-13(10-14)16-11-15(25-3)8-9-17(16)26-4;21-19-22-20(16-7-3-1-4-8-16,17-9-5-2-6-10-17)18(24)23(19)13-15-11-12-25-14-15;1-16(7-14(22)21(2)15(18)20-16)13-6-10(9-23-13)12-5-3-4-11(8-17)19-12/h2*4-10,16H,1-3H3,(H2,28,29);5-11H,12H2,1-4H3,(H2,21,22);1-12,14H,13H2,(H2,21,22);3-6,9H,7H2,1-2H3,(H2,18,20)/t16-,19+;16-,19-;20-;;16-/m010.0/s1. The van der Waals surface area contributed by atoms with E-state index in [4.69, 9.17) is 43.4 Å². The molecule has 38 heteroatoms. The van der Waals surface area contributed by atoms with Crippen molar-refractivity contribution in [1.29, 1.82) is 5.26 Å². The molecule has 0 saturated heterocycles. The second-order valence-corrected chi connectivity index (χ2v) is 35.0. The Labute approximate surface area is 782 Å². The summed E-state index contributed by atoms with van der Waals surface area (Å²) in [6.07, 6.45) is -8.98. The molecule has 24 nitrogen and oxygen atoms in total. The zero-order chi connectivity index (χ0) is 99.5. The fourth-order valence-corrected chi connectivity index (χ4v) is 17.8. The van der Waals surface area contributed by atoms with Gasteiger partial charge >= 0.3 is 12.4 Å². The van der Waals surface area contributed by atoms with Crippen molar-refractivity contribution in [2.45, 2.75) is 125 Å². The number of nitrogens with zero attached hydrogens (tertiary/aromatic N) is 12. The smallest absolute Gasteiger partial charge is 0.416 e. The maximum Gasteiger partial charge on any atom is 0.416 e. The number of ether oxygens (including phenoxy) is 2. The highest BCUT2D eigenvalue weighted by Gasteiger charge is 2.54. The first kappa shape index (κ1) is 100. The van der Waals surface area contributed by atoms with Crippen molar-refractivity contribution < 1.29 is 86.1 Å². The molecule has 136 heavy (non-hydrogen) atoms. The van der Waals surface area contributed by atoms with Crippen LogP contribution in [-0.2, 0) is 82.4 Å². The number of rotatable bonds is 16. The Hall–Kier alpha value is -14.7. The van der Waals surface area contributed by atoms with Crippen LogP contribution in [0, 0.1) is 23.0 Å². The van der Waals surface area contributed by atoms with Crippen LogP contribution in [0.2, 0.25) is 0 Å². The van der Waals surface area contributed by atoms with Crippen molar-refractivity contribution in [3.05, 3.63) is 323 Å². The molecule has 11 aromatic rings. The number of hydrogen-bond donors (Lipinski definition) is 5. The number of guanidine groups is 5. The number of halogens is 12. The number of amides is 5. The number of carbonyl (C=O) groups is 5. The number of methoxy groups -OCH3 is 2. The van der Waals surface area contributed by atoms with Gasteiger partial charge in [0.2, 0.25) is 23.6 Å². The van der Waals surface area contributed by atoms with Gasteiger partial charge in [-0.15, -0.1) is 11.3 Å². The van der Waals surface area contributed by atoms with Crippen molar-refractivity contribution in [3.8, 4) is 40.0 Å². The van der Waals surface area contributed by atoms with Crippen LogP contribution in [0.5, 0.6) is 11.5 Å². The highest BCUT2D eigenvalue weighted by atomic mass is 32.1. The summed E-state index contributed by atoms with van der Waals surface area (Å²) in [7, 11) is 9.20. The van der Waals surface area contributed by atoms with Gasteiger partial charge < -0.3 is 38.1 Å². The molecule has 0 unspecified atom stereocenters. The fourth-order valence-electron chi connectivity index (χ4n) is 16.2. The lowest BCUT2D eigenvalue weighted by atomic mass is 9.74. The summed E-state index contributed by atoms with van der Waals surface area (Å²) in [6, 6.07) is 57.7. The number of likely N-dealkylation sites (N-methyl/N-ethyl adjacent to an activating group) is 2. The molecule has 708 valence electrons. The maximum atomic E-state index is 14.8. The van der Waals surface area contributed by atoms with Crippen LogP contribution in [-0.4, -0.2) is 131 Å². The molecule has 0 bridgehead atoms. The van der Waals surface area contributed by atoms with Crippen molar-refractivity contribution in [2.24, 2.45) is 53.6 Å². The summed E-state index contributed by atoms with van der Waals surface area (Å²) in [5, 5.41) is 14.9. The molecule has 5 aliphatic rings. The predicted octanol–water partition coefficient (Wildman–Crippen LogP) is 17.7. The molecule has 0 radical (unpaired) electrons. The number of alkyl halides is 10. The van der Waals surface area contributed by atoms with E-state index < -0.39 is 98.3 Å². The number of hydrogen-bond acceptors (Lipinski definition) is 21. The minimum Gasteiger partial charge on any atom is -0.497 e. The van der Waals surface area contributed by atoms with E-state index in [2.05, 4.69) is 29.9 Å². The molecule has 10 N–H and O–H groups in total. The van der Waals surface area contributed by atoms with E-state index >= 15 is 0 Å². The van der Waals surface area contributed by atoms with Crippen molar-refractivity contribution >= 4 is 82.0 Å². The number of nitriles is 1. The van der Waals surface area contributed by atoms with Gasteiger partial charge in [-0.3, -0.25) is 48.5 Å². The van der Waals surface area contributed by atoms with Crippen molar-refractivity contribution in [2.75, 3.05) is 42.4 Å². The van der Waals surface area contributed by atoms with Crippen LogP contribution < -0.4 is 38.1 Å². The summed E-state index contributed by atoms with van der Waals surface area (Å²) in [6.45, 7) is 8.42. The topological polar surface area (TPSA) is 349 Å². The molecule has 0 fully saturated rings. The predicted molar refractivity (Wildman–Crippen MR) is 494 cm³/mol. The number of thiophene rings is 2. The van der Waals surface area contributed by atoms with Gasteiger partial charge in [-0.05, 0) is 150 Å². The number of carbonyl (C=O) groups excluding carboxylic acids is 5. The molecule has 5 aliphatic heterocycles. The summed E-state index contributed by atoms with van der Waals surface area (Å²) in [4.78, 5) is 97.8. The molecular weight excluding hydrogens is 1820 g/mol. The Morgan fingerprint density at radius 3 is 1.36 bits per heavy atom. The molecule has 5 amide bonds. The van der Waals surface area contributed by atoms with E-state index in [-0.39, 0.29) is 93.7 Å². The lowest BCUT2D eigenvalue weighted by Gasteiger charge is -2.41. The zero-order valence-corrected chi connectivity index (χ0v) is 76.9. The molecule has 0 saturated carbocycles. The lowest BCUT2D eigenvalue weighted by molar-refractivity contribution is -0.138. The van der Waals surface area contributed by atoms with Gasteiger partial charge in [-0.2, -0.15) is 42.9 Å². The van der Waals surface area contributed by atoms with E-state index in [1.165, 1.54) is 73.3 Å². The second-order valence-electron chi connectivity index (χ2n) is 33.3. The molecule has 8 heterocycles. The molecule has 3 aromatic heterocycles. The number of pyridine rings is 1. The summed E-state index contributed by atoms with van der Waals surface area (Å²) in [5.41, 5.74) is 28.1. The van der Waals surface area contributed by atoms with E-state index in [0.717, 1.165) is 107 Å². The monoisotopic (exact) mass is 1910 g/mol. The largest absolute Gasteiger partial charge is 0.497 e. The van der Waals surface area contributed by atoms with Crippen LogP contribution in [0.3, 0.4) is 0 Å². The Balaban J connectivity index is 0.000000153. The van der Waals surface area contributed by atoms with Gasteiger partial charge in [-0.25, -0.2) is 56.3 Å². The highest BCUT2D eigenvalue weighted by molar-refractivity contribution is 7.10. The van der Waals surface area contributed by atoms with Gasteiger partial charge in [0, 0.05) is 85.7 Å². The first-order valence-electron chi connectivity index (χ1n) is 41.6. The second kappa shape index (κ2) is 39.1. The zero-order valence-electron chi connectivity index (χ0n) is 75.3. The quantitative estimate of drug-likeness (QED) is 0.0562. The summed E-state index contributed by atoms with van der Waals surface area (Å²) in [5.74, 6) is -10.8. The molecule has 0 aliphatic carbocycles. The maximum absolute atomic E-state index is 14.8. The lowest BCUT2D eigenvalue weighted by Crippen LogP contribution is -2.52. The SMILES string of the molecule is CN1C(=O)C[C@@](C)(c2cc(-c3cccc(C#N)n3)cs2)N=C1N.CN1C(=O)[C@@H](c2ccc(C(C)(F)F)cc2)[C@@](C)(c2ccc(C(F)(F)F)cc2F)N=C1N.CN1C(=O)[C@H](c2ccc(C(C)(F)F)cc2)[C@@](C)(c2ccc(C(F)(F)F)cc2F)N=C1N.COc1ccc(OC)c(-c2cccc([C@]3(C)CC(=O)N(C)C(N)=N3)c2)c1.NC1=NC(c2ccccc2)(c2ccccc2)C(=O)N1Cc1ccsc1. The Morgan fingerprint density at radius 1 is 0.471 bits per heavy atom. The van der Waals surface area contributed by atoms with Crippen LogP contribution >= 0.6 is 22.7 Å². The molecule has 6 atom stereocenters. The van der Waals surface area contributed by atoms with E-state index in [1.54, 1.807) is 56.7 Å². The number of benzene rings is 8. The fraction of sp³-hybridized carbons (Fsp3) is 0.265. The molecular formula is C98H93F12N17O7S2. The Kier molecular flexibility index (Phi) is 28.8. The third-order valence-electron chi connectivity index (χ3n) is 23.9. The van der Waals surface area contributed by atoms with E-state index in [9.17, 15) is 76.7 Å². The van der Waals surface area contributed by atoms with E-state index in [1.807, 2.05) is 157 Å². The Bertz CT molecular complexity index is 6340. The third-order valence-corrected chi connectivity index (χ3v) is 25.8. The summed E-state index contributed by atoms with van der Waals surface area (Å²) >= 11 is 3.11. The van der Waals surface area contributed by atoms with Crippen LogP contribution in [0.4, 0.5) is 52.7 Å².